The number of aliphatic carboxylic acids is 1. The number of carbonyl (C=O) groups excluding carboxylic acids is 1. The number of hydrogen-bond acceptors (Lipinski definition) is 3. The first-order chi connectivity index (χ1) is 8.08. The second kappa shape index (κ2) is 5.04. The highest BCUT2D eigenvalue weighted by molar-refractivity contribution is 5.81. The number of nitrogens with zero attached hydrogens (tertiary/aromatic N) is 2. The Morgan fingerprint density at radius 3 is 2.76 bits per heavy atom. The number of rotatable bonds is 3. The Morgan fingerprint density at radius 2 is 2.06 bits per heavy atom. The number of fused-ring (bicyclic) bond motifs is 1. The molecule has 2 aliphatic rings. The summed E-state index contributed by atoms with van der Waals surface area (Å²) in [5, 5.41) is 8.60. The largest absolute Gasteiger partial charge is 0.481 e. The Kier molecular flexibility index (Phi) is 3.66. The molecule has 1 amide bonds. The van der Waals surface area contributed by atoms with E-state index in [4.69, 9.17) is 5.11 Å². The minimum absolute atomic E-state index is 0.00792. The van der Waals surface area contributed by atoms with Crippen molar-refractivity contribution in [3.05, 3.63) is 0 Å². The van der Waals surface area contributed by atoms with Crippen LogP contribution in [0.15, 0.2) is 0 Å². The third-order valence-corrected chi connectivity index (χ3v) is 3.81. The van der Waals surface area contributed by atoms with E-state index in [0.717, 1.165) is 26.1 Å². The maximum absolute atomic E-state index is 11.9. The average Bonchev–Trinajstić information content (AvgIpc) is 2.71. The standard InChI is InChI=1S/C12H20N2O3/c1-9-7-13-6-2-3-10(13)8-14(9)11(15)4-5-12(16)17/h9-10H,2-8H2,1H3,(H,16,17). The van der Waals surface area contributed by atoms with Crippen LogP contribution in [0.2, 0.25) is 0 Å². The summed E-state index contributed by atoms with van der Waals surface area (Å²) in [7, 11) is 0. The van der Waals surface area contributed by atoms with Crippen molar-refractivity contribution in [2.45, 2.75) is 44.7 Å². The van der Waals surface area contributed by atoms with Crippen molar-refractivity contribution in [3.63, 3.8) is 0 Å². The third-order valence-electron chi connectivity index (χ3n) is 3.81. The Labute approximate surface area is 101 Å². The van der Waals surface area contributed by atoms with E-state index in [9.17, 15) is 9.59 Å². The van der Waals surface area contributed by atoms with Gasteiger partial charge in [-0.15, -0.1) is 0 Å². The Balaban J connectivity index is 1.91. The smallest absolute Gasteiger partial charge is 0.303 e. The van der Waals surface area contributed by atoms with Crippen LogP contribution in [0.3, 0.4) is 0 Å². The van der Waals surface area contributed by atoms with E-state index >= 15 is 0 Å². The molecule has 0 aromatic heterocycles. The molecule has 2 fully saturated rings. The summed E-state index contributed by atoms with van der Waals surface area (Å²) >= 11 is 0. The van der Waals surface area contributed by atoms with Gasteiger partial charge in [-0.2, -0.15) is 0 Å². The van der Waals surface area contributed by atoms with Gasteiger partial charge in [0.15, 0.2) is 0 Å². The molecule has 5 nitrogen and oxygen atoms in total. The van der Waals surface area contributed by atoms with Gasteiger partial charge >= 0.3 is 5.97 Å². The minimum Gasteiger partial charge on any atom is -0.481 e. The first kappa shape index (κ1) is 12.4. The predicted octanol–water partition coefficient (Wildman–Crippen LogP) is 0.546. The van der Waals surface area contributed by atoms with Gasteiger partial charge in [-0.05, 0) is 26.3 Å². The van der Waals surface area contributed by atoms with Crippen LogP contribution < -0.4 is 0 Å². The zero-order chi connectivity index (χ0) is 12.4. The van der Waals surface area contributed by atoms with Gasteiger partial charge in [0.25, 0.3) is 0 Å². The first-order valence-corrected chi connectivity index (χ1v) is 6.33. The summed E-state index contributed by atoms with van der Waals surface area (Å²) in [6, 6.07) is 0.714. The van der Waals surface area contributed by atoms with Crippen molar-refractivity contribution < 1.29 is 14.7 Å². The molecule has 0 bridgehead atoms. The number of hydrogen-bond donors (Lipinski definition) is 1. The van der Waals surface area contributed by atoms with Crippen LogP contribution >= 0.6 is 0 Å². The highest BCUT2D eigenvalue weighted by Crippen LogP contribution is 2.25. The van der Waals surface area contributed by atoms with Gasteiger partial charge in [0.1, 0.15) is 0 Å². The fourth-order valence-corrected chi connectivity index (χ4v) is 2.89. The molecule has 1 N–H and O–H groups in total. The molecular formula is C12H20N2O3. The van der Waals surface area contributed by atoms with Crippen molar-refractivity contribution in [2.75, 3.05) is 19.6 Å². The van der Waals surface area contributed by atoms with Gasteiger partial charge in [0, 0.05) is 31.6 Å². The highest BCUT2D eigenvalue weighted by atomic mass is 16.4. The van der Waals surface area contributed by atoms with E-state index in [-0.39, 0.29) is 24.8 Å². The van der Waals surface area contributed by atoms with Crippen LogP contribution in [0.4, 0.5) is 0 Å². The van der Waals surface area contributed by atoms with Gasteiger partial charge < -0.3 is 10.0 Å². The molecule has 2 atom stereocenters. The molecule has 5 heteroatoms. The second-order valence-corrected chi connectivity index (χ2v) is 5.08. The zero-order valence-corrected chi connectivity index (χ0v) is 10.3. The van der Waals surface area contributed by atoms with Crippen molar-refractivity contribution in [3.8, 4) is 0 Å². The van der Waals surface area contributed by atoms with E-state index in [1.54, 1.807) is 0 Å². The van der Waals surface area contributed by atoms with Crippen molar-refractivity contribution in [2.24, 2.45) is 0 Å². The highest BCUT2D eigenvalue weighted by Gasteiger charge is 2.36. The minimum atomic E-state index is -0.898. The van der Waals surface area contributed by atoms with Crippen LogP contribution in [0.1, 0.15) is 32.6 Å². The molecular weight excluding hydrogens is 220 g/mol. The molecule has 2 unspecified atom stereocenters. The topological polar surface area (TPSA) is 60.9 Å². The molecule has 0 spiro atoms. The summed E-state index contributed by atoms with van der Waals surface area (Å²) in [6.07, 6.45) is 2.45. The number of amides is 1. The van der Waals surface area contributed by atoms with E-state index < -0.39 is 5.97 Å². The van der Waals surface area contributed by atoms with E-state index in [0.29, 0.717) is 6.04 Å². The third kappa shape index (κ3) is 2.77. The van der Waals surface area contributed by atoms with Crippen molar-refractivity contribution >= 4 is 11.9 Å². The lowest BCUT2D eigenvalue weighted by Crippen LogP contribution is -2.56. The number of carbonyl (C=O) groups is 2. The lowest BCUT2D eigenvalue weighted by atomic mass is 10.1. The zero-order valence-electron chi connectivity index (χ0n) is 10.3. The monoisotopic (exact) mass is 240 g/mol. The van der Waals surface area contributed by atoms with E-state index in [1.807, 2.05) is 11.8 Å². The normalized spacial score (nSPS) is 29.1. The summed E-state index contributed by atoms with van der Waals surface area (Å²) < 4.78 is 0. The molecule has 0 aromatic rings. The molecule has 0 aromatic carbocycles. The van der Waals surface area contributed by atoms with Crippen LogP contribution in [0, 0.1) is 0 Å². The molecule has 2 aliphatic heterocycles. The SMILES string of the molecule is CC1CN2CCCC2CN1C(=O)CCC(=O)O. The average molecular weight is 240 g/mol. The van der Waals surface area contributed by atoms with Crippen LogP contribution in [0.5, 0.6) is 0 Å². The molecule has 2 heterocycles. The number of carboxylic acids is 1. The van der Waals surface area contributed by atoms with Crippen molar-refractivity contribution in [1.29, 1.82) is 0 Å². The molecule has 0 aliphatic carbocycles. The fraction of sp³-hybridized carbons (Fsp3) is 0.833. The molecule has 0 saturated carbocycles. The maximum Gasteiger partial charge on any atom is 0.303 e. The molecule has 2 rings (SSSR count). The first-order valence-electron chi connectivity index (χ1n) is 6.33. The number of carboxylic acid groups (broad SMARTS) is 1. The lowest BCUT2D eigenvalue weighted by Gasteiger charge is -2.42. The molecule has 17 heavy (non-hydrogen) atoms. The van der Waals surface area contributed by atoms with Gasteiger partial charge in [0.05, 0.1) is 6.42 Å². The Bertz CT molecular complexity index is 319. The summed E-state index contributed by atoms with van der Waals surface area (Å²) in [6.45, 7) is 4.91. The maximum atomic E-state index is 11.9. The fourth-order valence-electron chi connectivity index (χ4n) is 2.89. The van der Waals surface area contributed by atoms with Crippen LogP contribution in [-0.2, 0) is 9.59 Å². The second-order valence-electron chi connectivity index (χ2n) is 5.08. The quantitative estimate of drug-likeness (QED) is 0.782. The van der Waals surface area contributed by atoms with Crippen molar-refractivity contribution in [1.82, 2.24) is 9.80 Å². The molecule has 96 valence electrons. The Hall–Kier alpha value is -1.10. The van der Waals surface area contributed by atoms with E-state index in [1.165, 1.54) is 6.42 Å². The molecule has 2 saturated heterocycles. The van der Waals surface area contributed by atoms with Gasteiger partial charge in [-0.25, -0.2) is 0 Å². The van der Waals surface area contributed by atoms with Crippen LogP contribution in [-0.4, -0.2) is 58.5 Å². The van der Waals surface area contributed by atoms with Gasteiger partial charge in [0.2, 0.25) is 5.91 Å². The lowest BCUT2D eigenvalue weighted by molar-refractivity contribution is -0.143. The Morgan fingerprint density at radius 1 is 1.29 bits per heavy atom. The van der Waals surface area contributed by atoms with E-state index in [2.05, 4.69) is 4.90 Å². The van der Waals surface area contributed by atoms with Gasteiger partial charge in [-0.3, -0.25) is 14.5 Å². The van der Waals surface area contributed by atoms with Crippen LogP contribution in [0.25, 0.3) is 0 Å². The summed E-state index contributed by atoms with van der Waals surface area (Å²) in [5.74, 6) is -0.906. The molecule has 0 radical (unpaired) electrons. The summed E-state index contributed by atoms with van der Waals surface area (Å²) in [5.41, 5.74) is 0. The van der Waals surface area contributed by atoms with Gasteiger partial charge in [-0.1, -0.05) is 0 Å². The number of piperazine rings is 1. The summed E-state index contributed by atoms with van der Waals surface area (Å²) in [4.78, 5) is 26.7. The predicted molar refractivity (Wildman–Crippen MR) is 62.6 cm³/mol.